The maximum absolute atomic E-state index is 10.9. The van der Waals surface area contributed by atoms with Crippen LogP contribution in [0.4, 0.5) is 0 Å². The molecule has 2 N–H and O–H groups in total. The first kappa shape index (κ1) is 17.1. The average molecular weight is 337 g/mol. The van der Waals surface area contributed by atoms with E-state index in [1.165, 1.54) is 6.07 Å². The van der Waals surface area contributed by atoms with E-state index in [4.69, 9.17) is 26.2 Å². The highest BCUT2D eigenvalue weighted by molar-refractivity contribution is 6.30. The SMILES string of the molecule is Cc1cc(OCC(O)COc2ccc(Cl)cc2)ccc1C(=O)O. The van der Waals surface area contributed by atoms with Crippen molar-refractivity contribution in [3.05, 3.63) is 58.6 Å². The highest BCUT2D eigenvalue weighted by Gasteiger charge is 2.10. The fourth-order valence-corrected chi connectivity index (χ4v) is 2.06. The van der Waals surface area contributed by atoms with Crippen LogP contribution in [-0.2, 0) is 0 Å². The Hall–Kier alpha value is -2.24. The minimum atomic E-state index is -0.981. The molecule has 2 aromatic carbocycles. The Morgan fingerprint density at radius 3 is 2.22 bits per heavy atom. The molecule has 0 saturated carbocycles. The van der Waals surface area contributed by atoms with Gasteiger partial charge < -0.3 is 19.7 Å². The van der Waals surface area contributed by atoms with Crippen LogP contribution in [0, 0.1) is 6.92 Å². The molecule has 0 saturated heterocycles. The highest BCUT2D eigenvalue weighted by Crippen LogP contribution is 2.18. The normalized spacial score (nSPS) is 11.8. The topological polar surface area (TPSA) is 76.0 Å². The lowest BCUT2D eigenvalue weighted by Crippen LogP contribution is -2.25. The number of ether oxygens (including phenoxy) is 2. The van der Waals surface area contributed by atoms with Crippen LogP contribution in [0.25, 0.3) is 0 Å². The molecule has 6 heteroatoms. The highest BCUT2D eigenvalue weighted by atomic mass is 35.5. The van der Waals surface area contributed by atoms with E-state index in [0.717, 1.165) is 0 Å². The fraction of sp³-hybridized carbons (Fsp3) is 0.235. The number of halogens is 1. The number of aryl methyl sites for hydroxylation is 1. The summed E-state index contributed by atoms with van der Waals surface area (Å²) in [6, 6.07) is 11.5. The number of carboxylic acids is 1. The van der Waals surface area contributed by atoms with Crippen molar-refractivity contribution in [1.82, 2.24) is 0 Å². The lowest BCUT2D eigenvalue weighted by Gasteiger charge is -2.14. The summed E-state index contributed by atoms with van der Waals surface area (Å²) < 4.78 is 10.9. The smallest absolute Gasteiger partial charge is 0.335 e. The average Bonchev–Trinajstić information content (AvgIpc) is 2.52. The molecule has 0 amide bonds. The van der Waals surface area contributed by atoms with Crippen molar-refractivity contribution >= 4 is 17.6 Å². The van der Waals surface area contributed by atoms with Crippen LogP contribution in [0.2, 0.25) is 5.02 Å². The minimum Gasteiger partial charge on any atom is -0.491 e. The summed E-state index contributed by atoms with van der Waals surface area (Å²) in [5, 5.41) is 19.4. The van der Waals surface area contributed by atoms with E-state index in [1.54, 1.807) is 43.3 Å². The van der Waals surface area contributed by atoms with E-state index >= 15 is 0 Å². The summed E-state index contributed by atoms with van der Waals surface area (Å²) in [6.45, 7) is 1.81. The molecule has 5 nitrogen and oxygen atoms in total. The van der Waals surface area contributed by atoms with Gasteiger partial charge in [-0.1, -0.05) is 11.6 Å². The zero-order valence-electron chi connectivity index (χ0n) is 12.5. The van der Waals surface area contributed by atoms with Crippen LogP contribution in [-0.4, -0.2) is 35.5 Å². The third kappa shape index (κ3) is 5.16. The molecule has 122 valence electrons. The van der Waals surface area contributed by atoms with Gasteiger partial charge in [-0.15, -0.1) is 0 Å². The summed E-state index contributed by atoms with van der Waals surface area (Å²) >= 11 is 5.77. The maximum Gasteiger partial charge on any atom is 0.335 e. The van der Waals surface area contributed by atoms with E-state index in [-0.39, 0.29) is 18.8 Å². The number of benzene rings is 2. The Balaban J connectivity index is 1.82. The molecule has 0 aliphatic carbocycles. The van der Waals surface area contributed by atoms with Crippen LogP contribution in [0.1, 0.15) is 15.9 Å². The number of aliphatic hydroxyl groups excluding tert-OH is 1. The number of hydrogen-bond donors (Lipinski definition) is 2. The van der Waals surface area contributed by atoms with E-state index in [9.17, 15) is 9.90 Å². The van der Waals surface area contributed by atoms with Gasteiger partial charge in [-0.2, -0.15) is 0 Å². The largest absolute Gasteiger partial charge is 0.491 e. The number of aliphatic hydroxyl groups is 1. The van der Waals surface area contributed by atoms with Crippen LogP contribution in [0.5, 0.6) is 11.5 Å². The Kier molecular flexibility index (Phi) is 5.84. The van der Waals surface area contributed by atoms with Gasteiger partial charge in [0.1, 0.15) is 30.8 Å². The van der Waals surface area contributed by atoms with E-state index < -0.39 is 12.1 Å². The second-order valence-corrected chi connectivity index (χ2v) is 5.45. The quantitative estimate of drug-likeness (QED) is 0.812. The first-order chi connectivity index (χ1) is 11.0. The van der Waals surface area contributed by atoms with Gasteiger partial charge in [0.05, 0.1) is 5.56 Å². The molecule has 0 bridgehead atoms. The summed E-state index contributed by atoms with van der Waals surface area (Å²) in [7, 11) is 0. The first-order valence-corrected chi connectivity index (χ1v) is 7.36. The molecule has 0 spiro atoms. The van der Waals surface area contributed by atoms with Gasteiger partial charge in [0.15, 0.2) is 0 Å². The van der Waals surface area contributed by atoms with Gasteiger partial charge in [0.2, 0.25) is 0 Å². The predicted octanol–water partition coefficient (Wildman–Crippen LogP) is 3.17. The van der Waals surface area contributed by atoms with Gasteiger partial charge in [0.25, 0.3) is 0 Å². The molecule has 2 rings (SSSR count). The van der Waals surface area contributed by atoms with Crippen LogP contribution >= 0.6 is 11.6 Å². The van der Waals surface area contributed by atoms with Gasteiger partial charge in [0, 0.05) is 5.02 Å². The molecule has 0 fully saturated rings. The van der Waals surface area contributed by atoms with Crippen LogP contribution in [0.3, 0.4) is 0 Å². The molecule has 2 aromatic rings. The Labute approximate surface area is 139 Å². The number of carbonyl (C=O) groups is 1. The number of aromatic carboxylic acids is 1. The zero-order chi connectivity index (χ0) is 16.8. The monoisotopic (exact) mass is 336 g/mol. The number of hydrogen-bond acceptors (Lipinski definition) is 4. The van der Waals surface area contributed by atoms with Crippen LogP contribution < -0.4 is 9.47 Å². The Bertz CT molecular complexity index is 669. The molecule has 0 aliphatic heterocycles. The molecule has 0 radical (unpaired) electrons. The molecular weight excluding hydrogens is 320 g/mol. The molecular formula is C17H17ClO5. The molecule has 0 aromatic heterocycles. The third-order valence-corrected chi connectivity index (χ3v) is 3.38. The standard InChI is InChI=1S/C17H17ClO5/c1-11-8-15(6-7-16(11)17(20)21)23-10-13(19)9-22-14-4-2-12(18)3-5-14/h2-8,13,19H,9-10H2,1H3,(H,20,21). The van der Waals surface area contributed by atoms with Crippen LogP contribution in [0.15, 0.2) is 42.5 Å². The second kappa shape index (κ2) is 7.85. The number of carboxylic acid groups (broad SMARTS) is 1. The summed E-state index contributed by atoms with van der Waals surface area (Å²) in [4.78, 5) is 10.9. The van der Waals surface area contributed by atoms with Gasteiger partial charge in [-0.05, 0) is 55.0 Å². The predicted molar refractivity (Wildman–Crippen MR) is 86.6 cm³/mol. The number of rotatable bonds is 7. The maximum atomic E-state index is 10.9. The molecule has 0 aliphatic rings. The van der Waals surface area contributed by atoms with Crippen molar-refractivity contribution in [3.63, 3.8) is 0 Å². The van der Waals surface area contributed by atoms with E-state index in [2.05, 4.69) is 0 Å². The van der Waals surface area contributed by atoms with Crippen molar-refractivity contribution in [2.45, 2.75) is 13.0 Å². The van der Waals surface area contributed by atoms with Gasteiger partial charge in [-0.25, -0.2) is 4.79 Å². The van der Waals surface area contributed by atoms with Crippen molar-refractivity contribution in [2.24, 2.45) is 0 Å². The Morgan fingerprint density at radius 2 is 1.65 bits per heavy atom. The Morgan fingerprint density at radius 1 is 1.09 bits per heavy atom. The lowest BCUT2D eigenvalue weighted by atomic mass is 10.1. The lowest BCUT2D eigenvalue weighted by molar-refractivity contribution is 0.0625. The van der Waals surface area contributed by atoms with Crippen molar-refractivity contribution < 1.29 is 24.5 Å². The molecule has 1 atom stereocenters. The van der Waals surface area contributed by atoms with E-state index in [0.29, 0.717) is 22.1 Å². The first-order valence-electron chi connectivity index (χ1n) is 6.99. The minimum absolute atomic E-state index is 0.0411. The second-order valence-electron chi connectivity index (χ2n) is 5.01. The van der Waals surface area contributed by atoms with E-state index in [1.807, 2.05) is 0 Å². The third-order valence-electron chi connectivity index (χ3n) is 3.13. The zero-order valence-corrected chi connectivity index (χ0v) is 13.3. The molecule has 0 heterocycles. The van der Waals surface area contributed by atoms with Gasteiger partial charge in [-0.3, -0.25) is 0 Å². The summed E-state index contributed by atoms with van der Waals surface area (Å²) in [5.74, 6) is 0.124. The van der Waals surface area contributed by atoms with Gasteiger partial charge >= 0.3 is 5.97 Å². The molecule has 1 unspecified atom stereocenters. The summed E-state index contributed by atoms with van der Waals surface area (Å²) in [5.41, 5.74) is 0.825. The van der Waals surface area contributed by atoms with Crippen molar-refractivity contribution in [1.29, 1.82) is 0 Å². The summed E-state index contributed by atoms with van der Waals surface area (Å²) in [6.07, 6.45) is -0.815. The van der Waals surface area contributed by atoms with Crippen molar-refractivity contribution in [2.75, 3.05) is 13.2 Å². The van der Waals surface area contributed by atoms with Crippen molar-refractivity contribution in [3.8, 4) is 11.5 Å². The molecule has 23 heavy (non-hydrogen) atoms. The fourth-order valence-electron chi connectivity index (χ4n) is 1.93.